The number of aromatic carboxylic acids is 1. The molecule has 2 aromatic carbocycles. The number of nitrogens with zero attached hydrogens (tertiary/aromatic N) is 2. The zero-order valence-electron chi connectivity index (χ0n) is 14.3. The highest BCUT2D eigenvalue weighted by Crippen LogP contribution is 2.37. The van der Waals surface area contributed by atoms with E-state index in [4.69, 9.17) is 11.6 Å². The smallest absolute Gasteiger partial charge is 0.341 e. The van der Waals surface area contributed by atoms with Gasteiger partial charge in [0.05, 0.1) is 21.6 Å². The first-order chi connectivity index (χ1) is 13.0. The summed E-state index contributed by atoms with van der Waals surface area (Å²) < 4.78 is 16.4. The lowest BCUT2D eigenvalue weighted by atomic mass is 10.1. The standard InChI is InChI=1S/C20H16ClFN2O3/c21-16-17-13(10-15(22)18(16)23-8-4-5-9-23)19(25)14(20(26)27)11-24(17)12-6-2-1-3-7-12/h1-3,6-7,10-11H,4-5,8-9H2,(H,26,27). The third-order valence-corrected chi connectivity index (χ3v) is 5.20. The molecule has 1 aliphatic heterocycles. The van der Waals surface area contributed by atoms with Crippen LogP contribution in [0.15, 0.2) is 47.4 Å². The van der Waals surface area contributed by atoms with Crippen LogP contribution in [0.5, 0.6) is 0 Å². The number of carboxylic acids is 1. The van der Waals surface area contributed by atoms with Gasteiger partial charge < -0.3 is 14.6 Å². The summed E-state index contributed by atoms with van der Waals surface area (Å²) in [6.45, 7) is 1.37. The van der Waals surface area contributed by atoms with Gasteiger partial charge in [-0.05, 0) is 31.0 Å². The zero-order valence-corrected chi connectivity index (χ0v) is 15.0. The van der Waals surface area contributed by atoms with Crippen molar-refractivity contribution in [2.75, 3.05) is 18.0 Å². The number of aromatic nitrogens is 1. The van der Waals surface area contributed by atoms with E-state index in [9.17, 15) is 19.1 Å². The van der Waals surface area contributed by atoms with E-state index in [2.05, 4.69) is 0 Å². The van der Waals surface area contributed by atoms with E-state index in [1.54, 1.807) is 28.8 Å². The Hall–Kier alpha value is -2.86. The van der Waals surface area contributed by atoms with Crippen LogP contribution in [-0.4, -0.2) is 28.7 Å². The number of para-hydroxylation sites is 1. The van der Waals surface area contributed by atoms with Crippen LogP contribution in [0.3, 0.4) is 0 Å². The van der Waals surface area contributed by atoms with Crippen molar-refractivity contribution in [2.45, 2.75) is 12.8 Å². The fraction of sp³-hybridized carbons (Fsp3) is 0.200. The molecule has 0 aliphatic carbocycles. The SMILES string of the molecule is O=C(O)c1cn(-c2ccccc2)c2c(Cl)c(N3CCCC3)c(F)cc2c1=O. The fourth-order valence-electron chi connectivity index (χ4n) is 3.58. The summed E-state index contributed by atoms with van der Waals surface area (Å²) in [7, 11) is 0. The van der Waals surface area contributed by atoms with E-state index in [0.29, 0.717) is 24.3 Å². The number of fused-ring (bicyclic) bond motifs is 1. The largest absolute Gasteiger partial charge is 0.477 e. The Kier molecular flexibility index (Phi) is 4.36. The van der Waals surface area contributed by atoms with Gasteiger partial charge in [-0.2, -0.15) is 0 Å². The molecule has 5 nitrogen and oxygen atoms in total. The number of rotatable bonds is 3. The molecule has 1 saturated heterocycles. The van der Waals surface area contributed by atoms with E-state index < -0.39 is 22.8 Å². The number of halogens is 2. The van der Waals surface area contributed by atoms with Crippen LogP contribution in [0.4, 0.5) is 10.1 Å². The van der Waals surface area contributed by atoms with E-state index in [0.717, 1.165) is 18.9 Å². The number of anilines is 1. The number of carboxylic acid groups (broad SMARTS) is 1. The first-order valence-electron chi connectivity index (χ1n) is 8.60. The van der Waals surface area contributed by atoms with Crippen molar-refractivity contribution < 1.29 is 14.3 Å². The van der Waals surface area contributed by atoms with E-state index in [1.807, 2.05) is 11.0 Å². The van der Waals surface area contributed by atoms with Crippen LogP contribution in [0.2, 0.25) is 5.02 Å². The molecule has 0 atom stereocenters. The fourth-order valence-corrected chi connectivity index (χ4v) is 3.98. The molecule has 1 fully saturated rings. The van der Waals surface area contributed by atoms with Gasteiger partial charge in [-0.15, -0.1) is 0 Å². The van der Waals surface area contributed by atoms with Gasteiger partial charge in [0.25, 0.3) is 0 Å². The van der Waals surface area contributed by atoms with Crippen LogP contribution in [0.25, 0.3) is 16.6 Å². The van der Waals surface area contributed by atoms with Crippen molar-refractivity contribution in [1.29, 1.82) is 0 Å². The van der Waals surface area contributed by atoms with Gasteiger partial charge in [-0.1, -0.05) is 29.8 Å². The summed E-state index contributed by atoms with van der Waals surface area (Å²) in [5, 5.41) is 9.48. The molecule has 138 valence electrons. The number of pyridine rings is 1. The van der Waals surface area contributed by atoms with E-state index >= 15 is 0 Å². The lowest BCUT2D eigenvalue weighted by Gasteiger charge is -2.22. The summed E-state index contributed by atoms with van der Waals surface area (Å²) in [6, 6.07) is 10.0. The summed E-state index contributed by atoms with van der Waals surface area (Å²) >= 11 is 6.60. The zero-order chi connectivity index (χ0) is 19.1. The number of hydrogen-bond acceptors (Lipinski definition) is 3. The molecule has 2 heterocycles. The minimum atomic E-state index is -1.37. The number of hydrogen-bond donors (Lipinski definition) is 1. The molecule has 0 amide bonds. The second kappa shape index (κ2) is 6.70. The van der Waals surface area contributed by atoms with Crippen molar-refractivity contribution in [1.82, 2.24) is 4.57 Å². The monoisotopic (exact) mass is 386 g/mol. The highest BCUT2D eigenvalue weighted by Gasteiger charge is 2.25. The van der Waals surface area contributed by atoms with Gasteiger partial charge in [0.15, 0.2) is 0 Å². The molecule has 27 heavy (non-hydrogen) atoms. The Bertz CT molecular complexity index is 1110. The average molecular weight is 387 g/mol. The Labute approximate surface area is 159 Å². The molecule has 0 bridgehead atoms. The maximum Gasteiger partial charge on any atom is 0.341 e. The van der Waals surface area contributed by atoms with Crippen LogP contribution >= 0.6 is 11.6 Å². The van der Waals surface area contributed by atoms with Gasteiger partial charge in [-0.25, -0.2) is 9.18 Å². The quantitative estimate of drug-likeness (QED) is 0.736. The molecular weight excluding hydrogens is 371 g/mol. The van der Waals surface area contributed by atoms with Gasteiger partial charge >= 0.3 is 5.97 Å². The third kappa shape index (κ3) is 2.86. The third-order valence-electron chi connectivity index (χ3n) is 4.84. The predicted octanol–water partition coefficient (Wildman–Crippen LogP) is 4.08. The van der Waals surface area contributed by atoms with Gasteiger partial charge in [0.2, 0.25) is 5.43 Å². The van der Waals surface area contributed by atoms with Crippen molar-refractivity contribution in [3.05, 3.63) is 69.2 Å². The van der Waals surface area contributed by atoms with Gasteiger partial charge in [0, 0.05) is 25.0 Å². The summed E-state index contributed by atoms with van der Waals surface area (Å²) in [5.74, 6) is -1.99. The Balaban J connectivity index is 2.13. The Morgan fingerprint density at radius 2 is 1.81 bits per heavy atom. The van der Waals surface area contributed by atoms with Crippen LogP contribution in [0.1, 0.15) is 23.2 Å². The molecule has 1 N–H and O–H groups in total. The minimum absolute atomic E-state index is 0.0517. The molecule has 1 aromatic heterocycles. The molecule has 3 aromatic rings. The molecule has 7 heteroatoms. The molecule has 0 saturated carbocycles. The van der Waals surface area contributed by atoms with Crippen LogP contribution in [-0.2, 0) is 0 Å². The molecule has 0 spiro atoms. The summed E-state index contributed by atoms with van der Waals surface area (Å²) in [5.41, 5.74) is 0.00932. The van der Waals surface area contributed by atoms with E-state index in [-0.39, 0.29) is 16.1 Å². The van der Waals surface area contributed by atoms with Crippen molar-refractivity contribution in [2.24, 2.45) is 0 Å². The number of carbonyl (C=O) groups is 1. The molecule has 0 unspecified atom stereocenters. The van der Waals surface area contributed by atoms with Crippen molar-refractivity contribution in [3.63, 3.8) is 0 Å². The summed E-state index contributed by atoms with van der Waals surface area (Å²) in [6.07, 6.45) is 3.13. The molecule has 1 aliphatic rings. The van der Waals surface area contributed by atoms with Gasteiger partial charge in [-0.3, -0.25) is 4.79 Å². The first kappa shape index (κ1) is 17.5. The average Bonchev–Trinajstić information content (AvgIpc) is 3.17. The molecule has 0 radical (unpaired) electrons. The van der Waals surface area contributed by atoms with Crippen molar-refractivity contribution >= 4 is 34.2 Å². The highest BCUT2D eigenvalue weighted by atomic mass is 35.5. The topological polar surface area (TPSA) is 62.5 Å². The summed E-state index contributed by atoms with van der Waals surface area (Å²) in [4.78, 5) is 26.1. The Morgan fingerprint density at radius 1 is 1.15 bits per heavy atom. The van der Waals surface area contributed by atoms with Crippen LogP contribution in [0, 0.1) is 5.82 Å². The maximum absolute atomic E-state index is 14.9. The van der Waals surface area contributed by atoms with E-state index in [1.165, 1.54) is 6.20 Å². The second-order valence-electron chi connectivity index (χ2n) is 6.49. The highest BCUT2D eigenvalue weighted by molar-refractivity contribution is 6.38. The minimum Gasteiger partial charge on any atom is -0.477 e. The van der Waals surface area contributed by atoms with Gasteiger partial charge in [0.1, 0.15) is 11.4 Å². The second-order valence-corrected chi connectivity index (χ2v) is 6.87. The molecular formula is C20H16ClFN2O3. The Morgan fingerprint density at radius 3 is 2.44 bits per heavy atom. The maximum atomic E-state index is 14.9. The number of benzene rings is 2. The molecule has 4 rings (SSSR count). The lowest BCUT2D eigenvalue weighted by molar-refractivity contribution is 0.0695. The lowest BCUT2D eigenvalue weighted by Crippen LogP contribution is -2.22. The van der Waals surface area contributed by atoms with Crippen molar-refractivity contribution in [3.8, 4) is 5.69 Å². The predicted molar refractivity (Wildman–Crippen MR) is 103 cm³/mol. The first-order valence-corrected chi connectivity index (χ1v) is 8.98. The normalized spacial score (nSPS) is 14.1. The van der Waals surface area contributed by atoms with Crippen LogP contribution < -0.4 is 10.3 Å².